The Morgan fingerprint density at radius 2 is 2.06 bits per heavy atom. The zero-order valence-corrected chi connectivity index (χ0v) is 18.9. The molecule has 4 heterocycles. The van der Waals surface area contributed by atoms with Crippen molar-refractivity contribution >= 4 is 22.6 Å². The lowest BCUT2D eigenvalue weighted by atomic mass is 9.73. The molecule has 178 valence electrons. The van der Waals surface area contributed by atoms with Crippen LogP contribution in [-0.4, -0.2) is 43.3 Å². The molecule has 1 fully saturated rings. The largest absolute Gasteiger partial charge is 0.493 e. The predicted octanol–water partition coefficient (Wildman–Crippen LogP) is 2.79. The van der Waals surface area contributed by atoms with Crippen molar-refractivity contribution in [2.75, 3.05) is 18.0 Å². The molecule has 0 radical (unpaired) electrons. The zero-order chi connectivity index (χ0) is 24.3. The number of aromatic amines is 2. The number of fused-ring (bicyclic) bond motifs is 2. The Balaban J connectivity index is 1.27. The lowest BCUT2D eigenvalue weighted by molar-refractivity contribution is 0.187. The van der Waals surface area contributed by atoms with Gasteiger partial charge in [0, 0.05) is 36.3 Å². The van der Waals surface area contributed by atoms with Crippen LogP contribution >= 0.6 is 0 Å². The van der Waals surface area contributed by atoms with E-state index in [1.165, 1.54) is 11.1 Å². The van der Waals surface area contributed by atoms with E-state index in [4.69, 9.17) is 5.73 Å². The number of hydrogen-bond donors (Lipinski definition) is 4. The van der Waals surface area contributed by atoms with E-state index in [0.29, 0.717) is 19.0 Å². The maximum absolute atomic E-state index is 14.3. The molecular formula is C25H24FN7O2. The first-order valence-electron chi connectivity index (χ1n) is 11.5. The number of benzene rings is 1. The second-order valence-electron chi connectivity index (χ2n) is 9.39. The summed E-state index contributed by atoms with van der Waals surface area (Å²) in [5.41, 5.74) is 9.44. The van der Waals surface area contributed by atoms with E-state index in [0.717, 1.165) is 31.5 Å². The molecule has 0 unspecified atom stereocenters. The van der Waals surface area contributed by atoms with Crippen molar-refractivity contribution in [1.29, 1.82) is 0 Å². The highest BCUT2D eigenvalue weighted by atomic mass is 19.1. The average Bonchev–Trinajstić information content (AvgIpc) is 3.41. The van der Waals surface area contributed by atoms with E-state index in [1.54, 1.807) is 0 Å². The van der Waals surface area contributed by atoms with Crippen molar-refractivity contribution in [3.05, 3.63) is 81.7 Å². The molecule has 1 aromatic carbocycles. The molecular weight excluding hydrogens is 449 g/mol. The Morgan fingerprint density at radius 1 is 1.29 bits per heavy atom. The highest BCUT2D eigenvalue weighted by Crippen LogP contribution is 2.50. The number of aromatic hydroxyl groups is 1. The van der Waals surface area contributed by atoms with Crippen LogP contribution in [0.3, 0.4) is 0 Å². The van der Waals surface area contributed by atoms with E-state index >= 15 is 0 Å². The molecule has 9 nitrogen and oxygen atoms in total. The molecule has 10 heteroatoms. The lowest BCUT2D eigenvalue weighted by Crippen LogP contribution is -2.45. The second kappa shape index (κ2) is 7.74. The summed E-state index contributed by atoms with van der Waals surface area (Å²) in [6.45, 7) is 5.30. The minimum atomic E-state index is -0.681. The average molecular weight is 474 g/mol. The first-order valence-corrected chi connectivity index (χ1v) is 11.5. The molecule has 1 atom stereocenters. The van der Waals surface area contributed by atoms with E-state index in [-0.39, 0.29) is 45.2 Å². The Hall–Kier alpha value is -4.05. The molecule has 1 spiro atoms. The van der Waals surface area contributed by atoms with Gasteiger partial charge in [-0.15, -0.1) is 0 Å². The van der Waals surface area contributed by atoms with E-state index in [1.807, 2.05) is 6.07 Å². The monoisotopic (exact) mass is 473 g/mol. The van der Waals surface area contributed by atoms with Gasteiger partial charge in [-0.3, -0.25) is 14.9 Å². The van der Waals surface area contributed by atoms with Crippen LogP contribution in [0.5, 0.6) is 5.88 Å². The zero-order valence-electron chi connectivity index (χ0n) is 18.9. The first-order chi connectivity index (χ1) is 16.9. The molecule has 35 heavy (non-hydrogen) atoms. The van der Waals surface area contributed by atoms with Gasteiger partial charge in [-0.25, -0.2) is 9.37 Å². The van der Waals surface area contributed by atoms with Crippen molar-refractivity contribution in [3.63, 3.8) is 0 Å². The minimum Gasteiger partial charge on any atom is -0.493 e. The highest BCUT2D eigenvalue weighted by molar-refractivity contribution is 5.92. The Bertz CT molecular complexity index is 1530. The summed E-state index contributed by atoms with van der Waals surface area (Å²) in [6.07, 6.45) is 3.64. The third-order valence-electron chi connectivity index (χ3n) is 7.52. The van der Waals surface area contributed by atoms with Crippen LogP contribution in [0, 0.1) is 11.2 Å². The number of nitrogens with zero attached hydrogens (tertiary/aromatic N) is 4. The Labute approximate surface area is 199 Å². The van der Waals surface area contributed by atoms with Crippen molar-refractivity contribution in [2.24, 2.45) is 11.1 Å². The van der Waals surface area contributed by atoms with Crippen molar-refractivity contribution in [1.82, 2.24) is 25.1 Å². The van der Waals surface area contributed by atoms with Crippen LogP contribution in [0.1, 0.15) is 41.3 Å². The van der Waals surface area contributed by atoms with Crippen LogP contribution in [0.2, 0.25) is 0 Å². The van der Waals surface area contributed by atoms with Gasteiger partial charge in [-0.05, 0) is 35.8 Å². The van der Waals surface area contributed by atoms with Crippen LogP contribution in [0.25, 0.3) is 16.6 Å². The van der Waals surface area contributed by atoms with Gasteiger partial charge in [0.05, 0.1) is 6.20 Å². The maximum Gasteiger partial charge on any atom is 0.264 e. The van der Waals surface area contributed by atoms with Gasteiger partial charge in [-0.2, -0.15) is 10.1 Å². The fraction of sp³-hybridized carbons (Fsp3) is 0.280. The summed E-state index contributed by atoms with van der Waals surface area (Å²) in [5.74, 6) is -0.584. The minimum absolute atomic E-state index is 0.00420. The standard InChI is InChI=1S/C25H24FN7O2/c1-13(16-10-18(34)28-12-17(16)26)20-19-22(32-31-20)29-24(30-23(19)35)33-8-6-25(7-9-33)11-14-4-2-3-5-15(14)21(25)27/h2-5,10,12,21H,1,6-9,11,27H2,(H,28,34)(H2,29,30,31,32,35)/t21-/m1/s1. The Morgan fingerprint density at radius 3 is 2.83 bits per heavy atom. The van der Waals surface area contributed by atoms with Crippen LogP contribution in [0.15, 0.2) is 47.9 Å². The number of pyridine rings is 1. The lowest BCUT2D eigenvalue weighted by Gasteiger charge is -2.42. The molecule has 1 saturated heterocycles. The van der Waals surface area contributed by atoms with E-state index in [2.05, 4.69) is 54.8 Å². The summed E-state index contributed by atoms with van der Waals surface area (Å²) in [4.78, 5) is 26.1. The summed E-state index contributed by atoms with van der Waals surface area (Å²) >= 11 is 0. The fourth-order valence-electron chi connectivity index (χ4n) is 5.55. The molecule has 0 saturated carbocycles. The normalized spacial score (nSPS) is 18.8. The number of anilines is 1. The second-order valence-corrected chi connectivity index (χ2v) is 9.39. The topological polar surface area (TPSA) is 137 Å². The number of piperidine rings is 1. The Kier molecular flexibility index (Phi) is 4.75. The van der Waals surface area contributed by atoms with Crippen LogP contribution in [-0.2, 0) is 6.42 Å². The molecule has 0 bridgehead atoms. The van der Waals surface area contributed by atoms with Gasteiger partial charge in [0.1, 0.15) is 16.9 Å². The molecule has 4 aromatic rings. The molecule has 1 aliphatic carbocycles. The number of rotatable bonds is 3. The summed E-state index contributed by atoms with van der Waals surface area (Å²) in [6, 6.07) is 9.52. The number of nitrogens with two attached hydrogens (primary N) is 1. The first kappa shape index (κ1) is 21.5. The quantitative estimate of drug-likeness (QED) is 0.359. The van der Waals surface area contributed by atoms with Gasteiger partial charge in [0.15, 0.2) is 5.65 Å². The van der Waals surface area contributed by atoms with Crippen molar-refractivity contribution in [3.8, 4) is 5.88 Å². The third-order valence-corrected chi connectivity index (χ3v) is 7.52. The molecule has 3 aromatic heterocycles. The van der Waals surface area contributed by atoms with E-state index in [9.17, 15) is 14.3 Å². The number of nitrogens with one attached hydrogen (secondary N) is 2. The number of H-pyrrole nitrogens is 2. The van der Waals surface area contributed by atoms with Gasteiger partial charge in [-0.1, -0.05) is 30.8 Å². The maximum atomic E-state index is 14.3. The summed E-state index contributed by atoms with van der Waals surface area (Å²) < 4.78 is 14.3. The number of halogens is 1. The number of hydrogen-bond acceptors (Lipinski definition) is 7. The SMILES string of the molecule is C=C(c1cc(O)ncc1F)c1n[nH]c2nc(N3CCC4(CC3)Cc3ccccc3[C@H]4N)[nH]c(=O)c12. The van der Waals surface area contributed by atoms with Gasteiger partial charge >= 0.3 is 0 Å². The van der Waals surface area contributed by atoms with Gasteiger partial charge in [0.2, 0.25) is 11.8 Å². The van der Waals surface area contributed by atoms with Crippen molar-refractivity contribution in [2.45, 2.75) is 25.3 Å². The summed E-state index contributed by atoms with van der Waals surface area (Å²) in [5, 5.41) is 16.8. The highest BCUT2D eigenvalue weighted by Gasteiger charge is 2.46. The molecule has 0 amide bonds. The van der Waals surface area contributed by atoms with Gasteiger partial charge in [0.25, 0.3) is 5.56 Å². The molecule has 2 aliphatic rings. The van der Waals surface area contributed by atoms with Crippen LogP contribution in [0.4, 0.5) is 10.3 Å². The molecule has 5 N–H and O–H groups in total. The fourth-order valence-corrected chi connectivity index (χ4v) is 5.55. The van der Waals surface area contributed by atoms with E-state index < -0.39 is 11.4 Å². The molecule has 6 rings (SSSR count). The summed E-state index contributed by atoms with van der Waals surface area (Å²) in [7, 11) is 0. The predicted molar refractivity (Wildman–Crippen MR) is 129 cm³/mol. The third kappa shape index (κ3) is 3.32. The van der Waals surface area contributed by atoms with Crippen molar-refractivity contribution < 1.29 is 9.50 Å². The number of aromatic nitrogens is 5. The molecule has 1 aliphatic heterocycles. The van der Waals surface area contributed by atoms with Gasteiger partial charge < -0.3 is 15.7 Å². The van der Waals surface area contributed by atoms with Crippen LogP contribution < -0.4 is 16.2 Å². The smallest absolute Gasteiger partial charge is 0.264 e.